The number of rotatable bonds is 18. The van der Waals surface area contributed by atoms with Gasteiger partial charge in [0.25, 0.3) is 0 Å². The molecule has 0 amide bonds. The molecule has 6 saturated heterocycles. The molecule has 0 spiro atoms. The van der Waals surface area contributed by atoms with E-state index < -0.39 is 230 Å². The van der Waals surface area contributed by atoms with E-state index >= 15 is 0 Å². The Bertz CT molecular complexity index is 2310. The maximum absolute atomic E-state index is 11.9. The maximum atomic E-state index is 11.9. The molecule has 0 saturated carbocycles. The van der Waals surface area contributed by atoms with Gasteiger partial charge in [0.15, 0.2) is 31.5 Å². The zero-order valence-electron chi connectivity index (χ0n) is 41.6. The number of fused-ring (bicyclic) bond motifs is 1. The largest absolute Gasteiger partial charge is 0.462 e. The highest BCUT2D eigenvalue weighted by Crippen LogP contribution is 2.37. The standard InChI is InChI=1S/C46H68O33/c1-12-4-22(53)68-15-5-13(2-3-14(12)15)67-41-31(62)25(56)36(17(7-48)70-41)76-43-33(64)27(58)38(19(9-50)72-43)78-45-35(66)29(60)40(21(11-52)74-45)79-46-34(65)28(59)39(20(10-51)73-46)77-44-32(63)26(57)37(18(8-49)71-44)75-42-30(61)24(55)23(54)16(6-47)69-42/h2-5,16-21,23-52,54-66H,6-11H2,1H3/t16-,17-,18-,19-,20-,21-,23-,24+,25-,26-,27-,28-,29-,30-,31-,32-,33-,34-,35-,36-,37-,38-,39-,40-,41-,42+,43+,44+,45+,46+/m1/s1. The van der Waals surface area contributed by atoms with E-state index in [0.29, 0.717) is 10.9 Å². The summed E-state index contributed by atoms with van der Waals surface area (Å²) in [6.07, 6.45) is -56.8. The SMILES string of the molecule is Cc1cc(=O)oc2cc(O[C@@H]3O[C@H](CO)[C@@H](O[C@@H]4O[C@H](CO)[C@@H](O[C@@H]5O[C@H](CO)[C@@H](O[C@@H]6O[C@H](CO)[C@@H](O[C@@H]7O[C@H](CO)[C@@H](O[C@@H]8O[C@H](CO)[C@@H](O)[C@H](O)[C@H]8O)[C@H](O)[C@H]7O)[C@H](O)[C@H]6O)[C@H](O)[C@H]5O)[C@H](O)[C@H]4O)[C@H](O)[C@H]3O)ccc12. The van der Waals surface area contributed by atoms with Gasteiger partial charge in [0, 0.05) is 17.5 Å². The fourth-order valence-electron chi connectivity index (χ4n) is 10.1. The van der Waals surface area contributed by atoms with Crippen LogP contribution in [0.3, 0.4) is 0 Å². The minimum atomic E-state index is -2.20. The first-order valence-corrected chi connectivity index (χ1v) is 25.0. The highest BCUT2D eigenvalue weighted by molar-refractivity contribution is 5.81. The van der Waals surface area contributed by atoms with Gasteiger partial charge in [-0.25, -0.2) is 4.79 Å². The fourth-order valence-corrected chi connectivity index (χ4v) is 10.1. The Hall–Kier alpha value is -2.97. The molecule has 6 aliphatic rings. The predicted octanol–water partition coefficient (Wildman–Crippen LogP) is -11.6. The van der Waals surface area contributed by atoms with Crippen molar-refractivity contribution in [2.75, 3.05) is 39.6 Å². The molecular weight excluding hydrogens is 1080 g/mol. The quantitative estimate of drug-likeness (QED) is 0.0616. The Morgan fingerprint density at radius 2 is 0.658 bits per heavy atom. The van der Waals surface area contributed by atoms with Gasteiger partial charge in [0.2, 0.25) is 6.29 Å². The van der Waals surface area contributed by atoms with Gasteiger partial charge in [-0.15, -0.1) is 0 Å². The molecule has 0 aliphatic carbocycles. The molecule has 450 valence electrons. The molecule has 0 bridgehead atoms. The minimum absolute atomic E-state index is 0.0313. The van der Waals surface area contributed by atoms with E-state index in [2.05, 4.69) is 0 Å². The summed E-state index contributed by atoms with van der Waals surface area (Å²) in [7, 11) is 0. The third-order valence-electron chi connectivity index (χ3n) is 14.6. The molecular formula is C46H68O33. The number of ether oxygens (including phenoxy) is 12. The molecule has 7 heterocycles. The van der Waals surface area contributed by atoms with Gasteiger partial charge in [0.05, 0.1) is 39.6 Å². The van der Waals surface area contributed by atoms with Crippen LogP contribution >= 0.6 is 0 Å². The van der Waals surface area contributed by atoms with Crippen molar-refractivity contribution < 1.29 is 158 Å². The van der Waals surface area contributed by atoms with Gasteiger partial charge in [0.1, 0.15) is 158 Å². The van der Waals surface area contributed by atoms with Gasteiger partial charge < -0.3 is 158 Å². The molecule has 1 aromatic carbocycles. The molecule has 33 heteroatoms. The van der Waals surface area contributed by atoms with Gasteiger partial charge in [-0.05, 0) is 24.6 Å². The molecule has 33 nitrogen and oxygen atoms in total. The van der Waals surface area contributed by atoms with Crippen LogP contribution in [-0.2, 0) is 52.1 Å². The minimum Gasteiger partial charge on any atom is -0.462 e. The summed E-state index contributed by atoms with van der Waals surface area (Å²) >= 11 is 0. The number of hydrogen-bond acceptors (Lipinski definition) is 33. The smallest absolute Gasteiger partial charge is 0.336 e. The molecule has 8 rings (SSSR count). The number of aliphatic hydroxyl groups is 19. The van der Waals surface area contributed by atoms with Crippen LogP contribution in [0.25, 0.3) is 11.0 Å². The van der Waals surface area contributed by atoms with E-state index in [9.17, 15) is 102 Å². The Morgan fingerprint density at radius 3 is 0.987 bits per heavy atom. The van der Waals surface area contributed by atoms with E-state index in [1.54, 1.807) is 13.0 Å². The molecule has 1 aromatic heterocycles. The van der Waals surface area contributed by atoms with Crippen LogP contribution in [0.5, 0.6) is 5.75 Å². The second kappa shape index (κ2) is 26.3. The first-order chi connectivity index (χ1) is 37.6. The van der Waals surface area contributed by atoms with Crippen LogP contribution < -0.4 is 10.4 Å². The Morgan fingerprint density at radius 1 is 0.367 bits per heavy atom. The Balaban J connectivity index is 0.864. The second-order valence-corrected chi connectivity index (χ2v) is 19.8. The van der Waals surface area contributed by atoms with E-state index in [4.69, 9.17) is 61.3 Å². The fraction of sp³-hybridized carbons (Fsp3) is 0.804. The van der Waals surface area contributed by atoms with Gasteiger partial charge in [-0.3, -0.25) is 0 Å². The lowest BCUT2D eigenvalue weighted by atomic mass is 9.95. The summed E-state index contributed by atoms with van der Waals surface area (Å²) in [4.78, 5) is 11.9. The van der Waals surface area contributed by atoms with Crippen molar-refractivity contribution in [1.82, 2.24) is 0 Å². The monoisotopic (exact) mass is 1150 g/mol. The molecule has 0 unspecified atom stereocenters. The molecule has 19 N–H and O–H groups in total. The molecule has 2 aromatic rings. The van der Waals surface area contributed by atoms with E-state index in [0.717, 1.165) is 0 Å². The normalized spacial score (nSPS) is 47.0. The first-order valence-electron chi connectivity index (χ1n) is 25.0. The first kappa shape index (κ1) is 62.1. The van der Waals surface area contributed by atoms with E-state index in [1.165, 1.54) is 18.2 Å². The maximum Gasteiger partial charge on any atom is 0.336 e. The van der Waals surface area contributed by atoms with Crippen LogP contribution in [-0.4, -0.2) is 321 Å². The summed E-state index contributed by atoms with van der Waals surface area (Å²) in [5.74, 6) is 0.0313. The van der Waals surface area contributed by atoms with E-state index in [-0.39, 0.29) is 11.3 Å². The Labute approximate surface area is 445 Å². The number of benzene rings is 1. The van der Waals surface area contributed by atoms with Crippen molar-refractivity contribution in [1.29, 1.82) is 0 Å². The third-order valence-corrected chi connectivity index (χ3v) is 14.6. The van der Waals surface area contributed by atoms with Gasteiger partial charge in [-0.2, -0.15) is 0 Å². The second-order valence-electron chi connectivity index (χ2n) is 19.8. The lowest BCUT2D eigenvalue weighted by molar-refractivity contribution is -0.395. The summed E-state index contributed by atoms with van der Waals surface area (Å²) in [6, 6.07) is 5.67. The lowest BCUT2D eigenvalue weighted by Gasteiger charge is -2.49. The number of hydrogen-bond donors (Lipinski definition) is 19. The number of aliphatic hydroxyl groups excluding tert-OH is 19. The van der Waals surface area contributed by atoms with Crippen LogP contribution in [0.4, 0.5) is 0 Å². The van der Waals surface area contributed by atoms with Crippen molar-refractivity contribution in [3.8, 4) is 5.75 Å². The average Bonchev–Trinajstić information content (AvgIpc) is 3.54. The average molecular weight is 1150 g/mol. The number of aryl methyl sites for hydroxylation is 1. The predicted molar refractivity (Wildman–Crippen MR) is 245 cm³/mol. The summed E-state index contributed by atoms with van der Waals surface area (Å²) in [5, 5.41) is 204. The molecule has 79 heavy (non-hydrogen) atoms. The van der Waals surface area contributed by atoms with Gasteiger partial charge >= 0.3 is 5.63 Å². The zero-order chi connectivity index (χ0) is 57.5. The van der Waals surface area contributed by atoms with E-state index in [1.807, 2.05) is 0 Å². The van der Waals surface area contributed by atoms with Crippen molar-refractivity contribution in [2.24, 2.45) is 0 Å². The molecule has 6 fully saturated rings. The van der Waals surface area contributed by atoms with Crippen LogP contribution in [0.1, 0.15) is 5.56 Å². The Kier molecular flexibility index (Phi) is 20.7. The van der Waals surface area contributed by atoms with Crippen LogP contribution in [0, 0.1) is 6.92 Å². The van der Waals surface area contributed by atoms with Crippen LogP contribution in [0.2, 0.25) is 0 Å². The topological polar surface area (TPSA) is 525 Å². The zero-order valence-corrected chi connectivity index (χ0v) is 41.6. The van der Waals surface area contributed by atoms with Crippen molar-refractivity contribution >= 4 is 11.0 Å². The summed E-state index contributed by atoms with van der Waals surface area (Å²) in [5.41, 5.74) is 0.122. The van der Waals surface area contributed by atoms with Crippen molar-refractivity contribution in [3.63, 3.8) is 0 Å². The highest BCUT2D eigenvalue weighted by Gasteiger charge is 2.57. The third kappa shape index (κ3) is 12.6. The lowest BCUT2D eigenvalue weighted by Crippen LogP contribution is -2.68. The van der Waals surface area contributed by atoms with Crippen molar-refractivity contribution in [2.45, 2.75) is 191 Å². The van der Waals surface area contributed by atoms with Crippen molar-refractivity contribution in [3.05, 3.63) is 40.2 Å². The summed E-state index contributed by atoms with van der Waals surface area (Å²) < 4.78 is 72.9. The summed E-state index contributed by atoms with van der Waals surface area (Å²) in [6.45, 7) is -4.07. The van der Waals surface area contributed by atoms with Crippen LogP contribution in [0.15, 0.2) is 33.5 Å². The van der Waals surface area contributed by atoms with Gasteiger partial charge in [-0.1, -0.05) is 0 Å². The molecule has 6 aliphatic heterocycles. The molecule has 30 atom stereocenters. The highest BCUT2D eigenvalue weighted by atomic mass is 16.8. The molecule has 0 radical (unpaired) electrons.